The summed E-state index contributed by atoms with van der Waals surface area (Å²) in [5.41, 5.74) is 0.685. The van der Waals surface area contributed by atoms with Crippen LogP contribution in [-0.2, 0) is 11.2 Å². The average molecular weight is 347 g/mol. The first kappa shape index (κ1) is 17.7. The van der Waals surface area contributed by atoms with Gasteiger partial charge in [-0.1, -0.05) is 25.0 Å². The minimum Gasteiger partial charge on any atom is -0.341 e. The van der Waals surface area contributed by atoms with E-state index in [1.165, 1.54) is 25.0 Å². The van der Waals surface area contributed by atoms with Crippen molar-refractivity contribution in [2.75, 3.05) is 26.2 Å². The highest BCUT2D eigenvalue weighted by Crippen LogP contribution is 2.18. The summed E-state index contributed by atoms with van der Waals surface area (Å²) in [7, 11) is 0. The summed E-state index contributed by atoms with van der Waals surface area (Å²) in [5, 5.41) is 3.11. The maximum Gasteiger partial charge on any atom is 0.317 e. The van der Waals surface area contributed by atoms with Crippen molar-refractivity contribution in [1.82, 2.24) is 15.1 Å². The van der Waals surface area contributed by atoms with Gasteiger partial charge >= 0.3 is 6.03 Å². The molecule has 0 atom stereocenters. The van der Waals surface area contributed by atoms with Crippen LogP contribution in [0.2, 0.25) is 0 Å². The molecule has 0 bridgehead atoms. The van der Waals surface area contributed by atoms with E-state index in [9.17, 15) is 14.0 Å². The lowest BCUT2D eigenvalue weighted by atomic mass is 10.1. The lowest BCUT2D eigenvalue weighted by Gasteiger charge is -2.24. The molecule has 1 aromatic rings. The fraction of sp³-hybridized carbons (Fsp3) is 0.579. The zero-order valence-electron chi connectivity index (χ0n) is 14.5. The van der Waals surface area contributed by atoms with Crippen LogP contribution in [0, 0.1) is 5.82 Å². The number of benzene rings is 1. The Morgan fingerprint density at radius 2 is 1.76 bits per heavy atom. The fourth-order valence-electron chi connectivity index (χ4n) is 3.64. The van der Waals surface area contributed by atoms with Gasteiger partial charge in [-0.25, -0.2) is 9.18 Å². The van der Waals surface area contributed by atoms with E-state index in [-0.39, 0.29) is 24.2 Å². The van der Waals surface area contributed by atoms with Crippen LogP contribution in [0.4, 0.5) is 9.18 Å². The molecule has 1 aromatic carbocycles. The Morgan fingerprint density at radius 3 is 2.52 bits per heavy atom. The van der Waals surface area contributed by atoms with Crippen molar-refractivity contribution in [2.45, 2.75) is 44.6 Å². The molecule has 0 unspecified atom stereocenters. The Hall–Kier alpha value is -2.11. The van der Waals surface area contributed by atoms with E-state index in [1.807, 2.05) is 4.90 Å². The Labute approximate surface area is 148 Å². The van der Waals surface area contributed by atoms with Gasteiger partial charge in [0.15, 0.2) is 0 Å². The molecule has 25 heavy (non-hydrogen) atoms. The first-order valence-electron chi connectivity index (χ1n) is 9.19. The normalized spacial score (nSPS) is 18.9. The summed E-state index contributed by atoms with van der Waals surface area (Å²) in [5.74, 6) is -0.334. The van der Waals surface area contributed by atoms with Crippen LogP contribution in [0.1, 0.15) is 37.7 Å². The van der Waals surface area contributed by atoms with E-state index in [4.69, 9.17) is 0 Å². The maximum atomic E-state index is 13.3. The third-order valence-corrected chi connectivity index (χ3v) is 5.06. The quantitative estimate of drug-likeness (QED) is 0.914. The lowest BCUT2D eigenvalue weighted by Crippen LogP contribution is -2.45. The molecule has 2 fully saturated rings. The first-order chi connectivity index (χ1) is 12.1. The Morgan fingerprint density at radius 1 is 1.04 bits per heavy atom. The summed E-state index contributed by atoms with van der Waals surface area (Å²) in [6, 6.07) is 6.46. The van der Waals surface area contributed by atoms with Crippen molar-refractivity contribution in [3.8, 4) is 0 Å². The second-order valence-corrected chi connectivity index (χ2v) is 6.96. The minimum atomic E-state index is -0.323. The SMILES string of the molecule is O=C(Cc1cccc(F)c1)N1CCCN(C(=O)NC2CCCC2)CC1. The van der Waals surface area contributed by atoms with E-state index in [1.54, 1.807) is 17.0 Å². The monoisotopic (exact) mass is 347 g/mol. The van der Waals surface area contributed by atoms with Gasteiger partial charge < -0.3 is 15.1 Å². The van der Waals surface area contributed by atoms with Gasteiger partial charge in [0.05, 0.1) is 6.42 Å². The molecule has 2 aliphatic rings. The maximum absolute atomic E-state index is 13.3. The molecule has 6 heteroatoms. The van der Waals surface area contributed by atoms with E-state index in [0.717, 1.165) is 19.3 Å². The van der Waals surface area contributed by atoms with Gasteiger partial charge in [0.25, 0.3) is 0 Å². The van der Waals surface area contributed by atoms with Gasteiger partial charge in [-0.05, 0) is 37.0 Å². The number of carbonyl (C=O) groups excluding carboxylic acids is 2. The van der Waals surface area contributed by atoms with E-state index < -0.39 is 0 Å². The van der Waals surface area contributed by atoms with Crippen molar-refractivity contribution in [3.05, 3.63) is 35.6 Å². The van der Waals surface area contributed by atoms with Crippen molar-refractivity contribution in [1.29, 1.82) is 0 Å². The highest BCUT2D eigenvalue weighted by molar-refractivity contribution is 5.79. The molecule has 0 aromatic heterocycles. The van der Waals surface area contributed by atoms with Gasteiger partial charge in [0.1, 0.15) is 5.82 Å². The fourth-order valence-corrected chi connectivity index (χ4v) is 3.64. The van der Waals surface area contributed by atoms with Crippen molar-refractivity contribution in [2.24, 2.45) is 0 Å². The zero-order chi connectivity index (χ0) is 17.6. The molecule has 136 valence electrons. The molecule has 3 amide bonds. The number of halogens is 1. The lowest BCUT2D eigenvalue weighted by molar-refractivity contribution is -0.130. The smallest absolute Gasteiger partial charge is 0.317 e. The molecule has 5 nitrogen and oxygen atoms in total. The zero-order valence-corrected chi connectivity index (χ0v) is 14.5. The molecule has 1 N–H and O–H groups in total. The van der Waals surface area contributed by atoms with Crippen molar-refractivity contribution in [3.63, 3.8) is 0 Å². The molecule has 0 spiro atoms. The molecule has 0 radical (unpaired) electrons. The summed E-state index contributed by atoms with van der Waals surface area (Å²) in [4.78, 5) is 28.5. The van der Waals surface area contributed by atoms with Crippen LogP contribution in [-0.4, -0.2) is 54.0 Å². The standard InChI is InChI=1S/C19H26FN3O2/c20-16-6-3-5-15(13-16)14-18(24)22-9-4-10-23(12-11-22)19(25)21-17-7-1-2-8-17/h3,5-6,13,17H,1-2,4,7-12,14H2,(H,21,25). The summed E-state index contributed by atoms with van der Waals surface area (Å²) < 4.78 is 13.3. The Balaban J connectivity index is 1.50. The molecular weight excluding hydrogens is 321 g/mol. The van der Waals surface area contributed by atoms with Crippen LogP contribution in [0.15, 0.2) is 24.3 Å². The topological polar surface area (TPSA) is 52.7 Å². The van der Waals surface area contributed by atoms with Crippen molar-refractivity contribution < 1.29 is 14.0 Å². The number of urea groups is 1. The molecule has 3 rings (SSSR count). The average Bonchev–Trinajstić information content (AvgIpc) is 2.95. The predicted molar refractivity (Wildman–Crippen MR) is 93.7 cm³/mol. The Kier molecular flexibility index (Phi) is 5.89. The third kappa shape index (κ3) is 4.94. The van der Waals surface area contributed by atoms with E-state index in [0.29, 0.717) is 37.8 Å². The summed E-state index contributed by atoms with van der Waals surface area (Å²) >= 11 is 0. The predicted octanol–water partition coefficient (Wildman–Crippen LogP) is 2.55. The number of hydrogen-bond acceptors (Lipinski definition) is 2. The molecule has 1 aliphatic heterocycles. The van der Waals surface area contributed by atoms with Crippen LogP contribution in [0.5, 0.6) is 0 Å². The highest BCUT2D eigenvalue weighted by atomic mass is 19.1. The van der Waals surface area contributed by atoms with Gasteiger partial charge in [-0.3, -0.25) is 4.79 Å². The molecule has 1 heterocycles. The van der Waals surface area contributed by atoms with Crippen molar-refractivity contribution >= 4 is 11.9 Å². The molecule has 1 aliphatic carbocycles. The number of nitrogens with zero attached hydrogens (tertiary/aromatic N) is 2. The van der Waals surface area contributed by atoms with Gasteiger partial charge in [0.2, 0.25) is 5.91 Å². The second-order valence-electron chi connectivity index (χ2n) is 6.96. The number of carbonyl (C=O) groups is 2. The summed E-state index contributed by atoms with van der Waals surface area (Å²) in [6.07, 6.45) is 5.48. The first-order valence-corrected chi connectivity index (χ1v) is 9.19. The van der Waals surface area contributed by atoms with E-state index >= 15 is 0 Å². The number of amides is 3. The third-order valence-electron chi connectivity index (χ3n) is 5.06. The van der Waals surface area contributed by atoms with Crippen LogP contribution >= 0.6 is 0 Å². The molecule has 1 saturated heterocycles. The minimum absolute atomic E-state index is 0.00803. The van der Waals surface area contributed by atoms with Gasteiger partial charge in [-0.15, -0.1) is 0 Å². The number of rotatable bonds is 3. The largest absolute Gasteiger partial charge is 0.341 e. The van der Waals surface area contributed by atoms with Crippen LogP contribution in [0.25, 0.3) is 0 Å². The van der Waals surface area contributed by atoms with Gasteiger partial charge in [-0.2, -0.15) is 0 Å². The Bertz CT molecular complexity index is 616. The van der Waals surface area contributed by atoms with Gasteiger partial charge in [0, 0.05) is 32.2 Å². The number of hydrogen-bond donors (Lipinski definition) is 1. The molecular formula is C19H26FN3O2. The molecule has 1 saturated carbocycles. The second kappa shape index (κ2) is 8.32. The van der Waals surface area contributed by atoms with E-state index in [2.05, 4.69) is 5.32 Å². The summed E-state index contributed by atoms with van der Waals surface area (Å²) in [6.45, 7) is 2.39. The van der Waals surface area contributed by atoms with Crippen LogP contribution < -0.4 is 5.32 Å². The highest BCUT2D eigenvalue weighted by Gasteiger charge is 2.24. The number of nitrogens with one attached hydrogen (secondary N) is 1. The van der Waals surface area contributed by atoms with Crippen LogP contribution in [0.3, 0.4) is 0 Å².